The lowest BCUT2D eigenvalue weighted by atomic mass is 9.95. The molecule has 6 saturated heterocycles. The molecule has 31 nitrogen and oxygen atoms in total. The van der Waals surface area contributed by atoms with E-state index in [1.165, 1.54) is 61.7 Å². The monoisotopic (exact) mass is 1670 g/mol. The number of carbonyl (C=O) groups excluding carboxylic acids is 5. The first kappa shape index (κ1) is 92.1. The maximum atomic E-state index is 12.8. The lowest BCUT2D eigenvalue weighted by Gasteiger charge is -2.21. The van der Waals surface area contributed by atoms with E-state index in [1.54, 1.807) is 51.1 Å². The quantitative estimate of drug-likeness (QED) is 0.0131. The van der Waals surface area contributed by atoms with Gasteiger partial charge in [0.2, 0.25) is 11.1 Å². The molecule has 33 heteroatoms. The summed E-state index contributed by atoms with van der Waals surface area (Å²) in [5.74, 6) is -0.567. The van der Waals surface area contributed by atoms with E-state index < -0.39 is 36.7 Å². The molecule has 0 bridgehead atoms. The number of benzene rings is 6. The number of nitro benzene ring substituents is 4. The molecule has 1 aromatic heterocycles. The van der Waals surface area contributed by atoms with Crippen molar-refractivity contribution in [1.82, 2.24) is 39.4 Å². The van der Waals surface area contributed by atoms with E-state index in [0.717, 1.165) is 126 Å². The second kappa shape index (κ2) is 42.0. The minimum Gasteiger partial charge on any atom is -0.398 e. The standard InChI is InChI=1S/C15H18N4O4.C15H19N3O4.C13H21N3.C13H16N2O3.C13H18N2O.C7H6BrNO2.C6H10ClNO/c1-8-10(6-9-4-3-5-18(9)2)13-11(7-12(8)19(22)23)16-14(20)15(21)17-13;1-9-6-7-11(18(21)22)14(16-10(2)19)13(9)15(20)12-5-4-8-17(12)3;1-9-5-6-12(14)13(15)11(9)8-10-4-3-7-16(10)2;1-9-5-3-6-10(15(17)18)12(9)13(16)11-7-4-8-14(11)2;1-9-5-3-6-10(14)12(9)13(16)11-7-4-8-15(11)2;1-5-3-2-4-6(7(5)8)9(10)11;1-8-4-2-3-5(8)6(7)9/h7,9H,3-6H2,1-2H3,(H,16,20)(H,17,21);6-7,12H,4-5,8H2,1-3H3,(H,16,19);5-6,10H,3-4,7-8,14-15H2,1-2H3;3,5-6,11H,4,7-8H2,1-2H3;3,5-6,11H,4,7-8,14H2,1-2H3;2-4H,1H3;5H,2-4H2,1H3/t9-;12-;10-;2*11-;;5-/m11111.1/s1. The van der Waals surface area contributed by atoms with Crippen LogP contribution in [0.4, 0.5) is 45.5 Å². The fraction of sp³-hybridized carbons (Fsp3) is 0.476. The van der Waals surface area contributed by atoms with Crippen LogP contribution < -0.4 is 33.6 Å². The van der Waals surface area contributed by atoms with Crippen molar-refractivity contribution >= 4 is 113 Å². The number of carbonyl (C=O) groups is 5. The zero-order valence-corrected chi connectivity index (χ0v) is 70.1. The van der Waals surface area contributed by atoms with Gasteiger partial charge in [0.1, 0.15) is 5.69 Å². The van der Waals surface area contributed by atoms with Gasteiger partial charge < -0.3 is 42.3 Å². The predicted octanol–water partition coefficient (Wildman–Crippen LogP) is 12.6. The Morgan fingerprint density at radius 2 is 0.870 bits per heavy atom. The molecule has 115 heavy (non-hydrogen) atoms. The number of halogens is 2. The van der Waals surface area contributed by atoms with Gasteiger partial charge in [0.15, 0.2) is 17.3 Å². The molecule has 13 rings (SSSR count). The molecule has 0 spiro atoms. The average Bonchev–Trinajstić information content (AvgIpc) is 1.78. The Balaban J connectivity index is 0.000000189. The number of amides is 1. The van der Waals surface area contributed by atoms with Crippen molar-refractivity contribution < 1.29 is 43.7 Å². The summed E-state index contributed by atoms with van der Waals surface area (Å²) >= 11 is 8.44. The Labute approximate surface area is 682 Å². The highest BCUT2D eigenvalue weighted by Gasteiger charge is 2.37. The molecule has 6 aromatic carbocycles. The first-order valence-electron chi connectivity index (χ1n) is 38.4. The number of fused-ring (bicyclic) bond motifs is 1. The van der Waals surface area contributed by atoms with Crippen LogP contribution in [0.25, 0.3) is 11.0 Å². The Morgan fingerprint density at radius 1 is 0.470 bits per heavy atom. The first-order chi connectivity index (χ1) is 54.3. The number of Topliss-reactive ketones (excluding diaryl/α,β-unsaturated/α-hetero) is 3. The second-order valence-corrected chi connectivity index (χ2v) is 31.5. The number of nitrogens with one attached hydrogen (secondary N) is 3. The molecule has 0 aliphatic carbocycles. The van der Waals surface area contributed by atoms with Gasteiger partial charge in [-0.2, -0.15) is 0 Å². The zero-order valence-electron chi connectivity index (χ0n) is 67.8. The fourth-order valence-corrected chi connectivity index (χ4v) is 16.4. The first-order valence-corrected chi connectivity index (χ1v) is 39.6. The lowest BCUT2D eigenvalue weighted by molar-refractivity contribution is -0.385. The number of nitrogen functional groups attached to an aromatic ring is 3. The molecule has 0 saturated carbocycles. The van der Waals surface area contributed by atoms with Gasteiger partial charge in [-0.15, -0.1) is 0 Å². The summed E-state index contributed by atoms with van der Waals surface area (Å²) in [6.07, 6.45) is 13.7. The number of rotatable bonds is 16. The number of likely N-dealkylation sites (N-methyl/N-ethyl adjacent to an activating group) is 6. The third-order valence-corrected chi connectivity index (χ3v) is 23.7. The molecule has 0 radical (unpaired) electrons. The molecular weight excluding hydrogens is 1560 g/mol. The summed E-state index contributed by atoms with van der Waals surface area (Å²) in [7, 11) is 11.9. The Bertz CT molecular complexity index is 4860. The molecule has 6 aliphatic heterocycles. The number of hydrogen-bond acceptors (Lipinski definition) is 24. The van der Waals surface area contributed by atoms with E-state index >= 15 is 0 Å². The van der Waals surface area contributed by atoms with Crippen LogP contribution in [0.1, 0.15) is 160 Å². The van der Waals surface area contributed by atoms with E-state index in [-0.39, 0.29) is 92.4 Å². The third-order valence-electron chi connectivity index (χ3n) is 22.4. The SMILES string of the molecule is CC(=O)Nc1c([N+](=O)[O-])ccc(C)c1C(=O)[C@H]1CCCN1C.CN1CCC[C@@H]1C(=O)Cl.Cc1c([N+](=O)[O-])cc2[nH]c(=O)c(=O)[nH]c2c1C[C@H]1CCCN1C.Cc1ccc(N)c(N)c1C[C@H]1CCCN1C.Cc1cccc(N)c1C(=O)[C@H]1CCCN1C.Cc1cccc([N+](=O)[O-])c1Br.Cc1cccc([N+](=O)[O-])c1C(=O)[C@H]1CCCN1C. The summed E-state index contributed by atoms with van der Waals surface area (Å²) in [6, 6.07) is 23.9. The number of aromatic amines is 2. The molecule has 0 unspecified atom stereocenters. The van der Waals surface area contributed by atoms with Crippen LogP contribution in [0.3, 0.4) is 0 Å². The van der Waals surface area contributed by atoms with Gasteiger partial charge >= 0.3 is 11.1 Å². The number of likely N-dealkylation sites (tertiary alicyclic amines) is 6. The normalized spacial score (nSPS) is 19.5. The summed E-state index contributed by atoms with van der Waals surface area (Å²) in [5, 5.41) is 46.1. The molecule has 7 heterocycles. The molecule has 9 N–H and O–H groups in total. The number of nitro groups is 4. The van der Waals surface area contributed by atoms with E-state index in [9.17, 15) is 74.0 Å². The van der Waals surface area contributed by atoms with E-state index in [4.69, 9.17) is 28.8 Å². The van der Waals surface area contributed by atoms with E-state index in [0.29, 0.717) is 61.6 Å². The number of aromatic nitrogens is 2. The predicted molar refractivity (Wildman–Crippen MR) is 453 cm³/mol. The van der Waals surface area contributed by atoms with Crippen molar-refractivity contribution in [2.75, 3.05) is 104 Å². The topological polar surface area (TPSA) is 433 Å². The molecule has 620 valence electrons. The van der Waals surface area contributed by atoms with Gasteiger partial charge in [-0.25, -0.2) is 0 Å². The van der Waals surface area contributed by atoms with Gasteiger partial charge in [-0.05, 0) is 292 Å². The van der Waals surface area contributed by atoms with Gasteiger partial charge in [0.25, 0.3) is 22.7 Å². The molecule has 6 aliphatic rings. The number of hydrogen-bond donors (Lipinski definition) is 6. The summed E-state index contributed by atoms with van der Waals surface area (Å²) in [4.78, 5) is 142. The molecule has 6 fully saturated rings. The number of nitrogens with zero attached hydrogens (tertiary/aromatic N) is 10. The highest BCUT2D eigenvalue weighted by Crippen LogP contribution is 2.37. The highest BCUT2D eigenvalue weighted by molar-refractivity contribution is 9.10. The second-order valence-electron chi connectivity index (χ2n) is 30.4. The number of ketones is 3. The van der Waals surface area contributed by atoms with Crippen molar-refractivity contribution in [1.29, 1.82) is 0 Å². The summed E-state index contributed by atoms with van der Waals surface area (Å²) in [6.45, 7) is 18.2. The van der Waals surface area contributed by atoms with Crippen LogP contribution >= 0.6 is 27.5 Å². The van der Waals surface area contributed by atoms with Crippen LogP contribution in [0.15, 0.2) is 99.0 Å². The summed E-state index contributed by atoms with van der Waals surface area (Å²) in [5.41, 5.74) is 27.0. The van der Waals surface area contributed by atoms with Crippen LogP contribution in [-0.2, 0) is 22.4 Å². The molecule has 6 atom stereocenters. The van der Waals surface area contributed by atoms with Crippen LogP contribution in [0.2, 0.25) is 0 Å². The van der Waals surface area contributed by atoms with Crippen LogP contribution in [0, 0.1) is 82.0 Å². The zero-order chi connectivity index (χ0) is 85.1. The number of nitrogens with two attached hydrogens (primary N) is 3. The van der Waals surface area contributed by atoms with Gasteiger partial charge in [0.05, 0.1) is 81.9 Å². The summed E-state index contributed by atoms with van der Waals surface area (Å²) < 4.78 is 0.560. The maximum absolute atomic E-state index is 12.8. The lowest BCUT2D eigenvalue weighted by Crippen LogP contribution is -2.34. The Morgan fingerprint density at radius 3 is 1.30 bits per heavy atom. The largest absolute Gasteiger partial charge is 0.398 e. The van der Waals surface area contributed by atoms with Crippen molar-refractivity contribution in [2.45, 2.75) is 175 Å². The van der Waals surface area contributed by atoms with E-state index in [2.05, 4.69) is 66.0 Å². The number of aryl methyl sites for hydroxylation is 5. The van der Waals surface area contributed by atoms with Gasteiger partial charge in [-0.1, -0.05) is 48.5 Å². The number of H-pyrrole nitrogens is 2. The fourth-order valence-electron chi connectivity index (χ4n) is 15.7. The molecule has 1 amide bonds. The maximum Gasteiger partial charge on any atom is 0.314 e. The highest BCUT2D eigenvalue weighted by atomic mass is 79.9. The van der Waals surface area contributed by atoms with Crippen molar-refractivity contribution in [3.05, 3.63) is 212 Å². The van der Waals surface area contributed by atoms with Crippen LogP contribution in [-0.4, -0.2) is 205 Å². The van der Waals surface area contributed by atoms with Crippen molar-refractivity contribution in [2.24, 2.45) is 0 Å². The average molecular weight is 1670 g/mol. The van der Waals surface area contributed by atoms with Gasteiger partial charge in [0, 0.05) is 60.1 Å². The molecular formula is C82H108BrClN16O15. The van der Waals surface area contributed by atoms with Crippen molar-refractivity contribution in [3.63, 3.8) is 0 Å². The Kier molecular flexibility index (Phi) is 33.6. The minimum absolute atomic E-state index is 0.00259. The third kappa shape index (κ3) is 23.6. The minimum atomic E-state index is -0.806. The smallest absolute Gasteiger partial charge is 0.314 e. The Hall–Kier alpha value is -10.1. The number of anilines is 4. The van der Waals surface area contributed by atoms with E-state index in [1.807, 2.05) is 88.1 Å². The van der Waals surface area contributed by atoms with Crippen molar-refractivity contribution in [3.8, 4) is 0 Å². The van der Waals surface area contributed by atoms with Crippen LogP contribution in [0.5, 0.6) is 0 Å². The molecule has 7 aromatic rings. The van der Waals surface area contributed by atoms with Gasteiger partial charge in [-0.3, -0.25) is 93.6 Å².